The molecule has 0 aliphatic rings. The van der Waals surface area contributed by atoms with Crippen LogP contribution in [-0.2, 0) is 14.3 Å². The topological polar surface area (TPSA) is 95.9 Å². The fourth-order valence-corrected chi connectivity index (χ4v) is 7.03. The van der Waals surface area contributed by atoms with Crippen LogP contribution >= 0.6 is 0 Å². The average Bonchev–Trinajstić information content (AvgIpc) is 3.24. The van der Waals surface area contributed by atoms with Gasteiger partial charge in [0, 0.05) is 6.42 Å². The number of rotatable bonds is 43. The molecule has 0 fully saturated rings. The van der Waals surface area contributed by atoms with Gasteiger partial charge in [-0.15, -0.1) is 0 Å². The van der Waals surface area contributed by atoms with Crippen molar-refractivity contribution in [3.63, 3.8) is 0 Å². The molecule has 6 nitrogen and oxygen atoms in total. The predicted molar refractivity (Wildman–Crippen MR) is 259 cm³/mol. The van der Waals surface area contributed by atoms with E-state index in [-0.39, 0.29) is 24.9 Å². The molecule has 0 heterocycles. The molecule has 1 amide bonds. The van der Waals surface area contributed by atoms with E-state index < -0.39 is 18.2 Å². The summed E-state index contributed by atoms with van der Waals surface area (Å²) < 4.78 is 5.90. The van der Waals surface area contributed by atoms with E-state index in [1.165, 1.54) is 77.0 Å². The van der Waals surface area contributed by atoms with E-state index in [9.17, 15) is 19.8 Å². The van der Waals surface area contributed by atoms with E-state index in [4.69, 9.17) is 4.74 Å². The first-order valence-corrected chi connectivity index (χ1v) is 24.9. The summed E-state index contributed by atoms with van der Waals surface area (Å²) in [5.74, 6) is -0.545. The van der Waals surface area contributed by atoms with Gasteiger partial charge in [-0.3, -0.25) is 9.59 Å². The molecule has 0 aliphatic carbocycles. The average molecular weight is 836 g/mol. The Morgan fingerprint density at radius 3 is 1.57 bits per heavy atom. The van der Waals surface area contributed by atoms with Gasteiger partial charge in [-0.1, -0.05) is 209 Å². The Hall–Kier alpha value is -2.96. The lowest BCUT2D eigenvalue weighted by molar-refractivity contribution is -0.151. The summed E-state index contributed by atoms with van der Waals surface area (Å²) in [4.78, 5) is 26.1. The first-order valence-electron chi connectivity index (χ1n) is 24.9. The summed E-state index contributed by atoms with van der Waals surface area (Å²) >= 11 is 0. The van der Waals surface area contributed by atoms with Gasteiger partial charge >= 0.3 is 5.97 Å². The molecule has 0 aromatic heterocycles. The first-order chi connectivity index (χ1) is 29.5. The highest BCUT2D eigenvalue weighted by atomic mass is 16.5. The molecule has 0 radical (unpaired) electrons. The van der Waals surface area contributed by atoms with Crippen LogP contribution in [-0.4, -0.2) is 46.9 Å². The van der Waals surface area contributed by atoms with Crippen molar-refractivity contribution in [3.8, 4) is 0 Å². The molecular formula is C54H93NO5. The van der Waals surface area contributed by atoms with Gasteiger partial charge in [0.15, 0.2) is 0 Å². The van der Waals surface area contributed by atoms with Crippen molar-refractivity contribution in [2.45, 2.75) is 238 Å². The largest absolute Gasteiger partial charge is 0.462 e. The molecule has 3 atom stereocenters. The molecule has 6 heteroatoms. The number of carbonyl (C=O) groups excluding carboxylic acids is 2. The van der Waals surface area contributed by atoms with Crippen LogP contribution in [0.4, 0.5) is 0 Å². The van der Waals surface area contributed by atoms with Gasteiger partial charge in [0.2, 0.25) is 5.91 Å². The second-order valence-electron chi connectivity index (χ2n) is 16.6. The Labute approximate surface area is 370 Å². The van der Waals surface area contributed by atoms with Crippen molar-refractivity contribution in [3.05, 3.63) is 85.1 Å². The summed E-state index contributed by atoms with van der Waals surface area (Å²) in [6.45, 7) is 6.28. The van der Waals surface area contributed by atoms with E-state index >= 15 is 0 Å². The molecule has 0 spiro atoms. The lowest BCUT2D eigenvalue weighted by atomic mass is 10.0. The summed E-state index contributed by atoms with van der Waals surface area (Å²) in [6.07, 6.45) is 60.6. The minimum absolute atomic E-state index is 0.0377. The Morgan fingerprint density at radius 2 is 0.967 bits per heavy atom. The van der Waals surface area contributed by atoms with E-state index in [1.54, 1.807) is 0 Å². The van der Waals surface area contributed by atoms with Crippen molar-refractivity contribution < 1.29 is 24.5 Å². The van der Waals surface area contributed by atoms with Crippen LogP contribution in [0, 0.1) is 0 Å². The highest BCUT2D eigenvalue weighted by molar-refractivity contribution is 5.77. The molecule has 0 rings (SSSR count). The molecule has 3 unspecified atom stereocenters. The third-order valence-corrected chi connectivity index (χ3v) is 10.8. The summed E-state index contributed by atoms with van der Waals surface area (Å²) in [5, 5.41) is 23.7. The fraction of sp³-hybridized carbons (Fsp3) is 0.704. The normalized spacial score (nSPS) is 14.0. The second-order valence-corrected chi connectivity index (χ2v) is 16.6. The SMILES string of the molecule is CC/C=C/C=C/C=C/C=C\CCCCCCCC(=O)OC(CCCC/C=C\C/C=C\C/C=C\CCCCC)CC(=O)NC(CO)C(O)CCCCCCCCCCCCC. The highest BCUT2D eigenvalue weighted by Crippen LogP contribution is 2.17. The quantitative estimate of drug-likeness (QED) is 0.0246. The molecule has 0 aliphatic heterocycles. The Balaban J connectivity index is 4.73. The van der Waals surface area contributed by atoms with Crippen LogP contribution in [0.2, 0.25) is 0 Å². The molecule has 0 bridgehead atoms. The Morgan fingerprint density at radius 1 is 0.517 bits per heavy atom. The number of carbonyl (C=O) groups is 2. The Kier molecular flexibility index (Phi) is 44.8. The van der Waals surface area contributed by atoms with Crippen LogP contribution in [0.5, 0.6) is 0 Å². The summed E-state index contributed by atoms with van der Waals surface area (Å²) in [7, 11) is 0. The van der Waals surface area contributed by atoms with Gasteiger partial charge in [0.05, 0.1) is 25.2 Å². The first kappa shape index (κ1) is 57.0. The van der Waals surface area contributed by atoms with Crippen LogP contribution < -0.4 is 5.32 Å². The Bertz CT molecular complexity index is 1160. The molecule has 60 heavy (non-hydrogen) atoms. The number of ether oxygens (including phenoxy) is 1. The monoisotopic (exact) mass is 836 g/mol. The molecule has 344 valence electrons. The lowest BCUT2D eigenvalue weighted by Gasteiger charge is -2.24. The standard InChI is InChI=1S/C54H93NO5/c1-4-7-10-13-16-19-22-24-26-28-31-33-36-39-42-45-50(60-54(59)47-44-41-38-35-32-29-27-25-23-20-17-14-11-8-5-2)48-53(58)55-51(49-56)52(57)46-43-40-37-34-30-21-18-15-12-9-6-3/h8,11,14,16-17,19-20,23-27,31,33,50-52,56-57H,4-7,9-10,12-13,15,18,21-22,28-30,32,34-49H2,1-3H3,(H,55,58)/b11-8+,17-14+,19-16-,23-20+,26-24-,27-25-,33-31-. The van der Waals surface area contributed by atoms with Gasteiger partial charge in [-0.25, -0.2) is 0 Å². The molecule has 0 saturated heterocycles. The number of esters is 1. The minimum atomic E-state index is -0.805. The summed E-state index contributed by atoms with van der Waals surface area (Å²) in [5.41, 5.74) is 0. The number of hydrogen-bond acceptors (Lipinski definition) is 5. The number of unbranched alkanes of at least 4 members (excludes halogenated alkanes) is 20. The van der Waals surface area contributed by atoms with Gasteiger partial charge in [0.25, 0.3) is 0 Å². The number of amides is 1. The fourth-order valence-electron chi connectivity index (χ4n) is 7.03. The zero-order chi connectivity index (χ0) is 43.8. The molecular weight excluding hydrogens is 743 g/mol. The maximum absolute atomic E-state index is 13.2. The van der Waals surface area contributed by atoms with Crippen molar-refractivity contribution in [1.29, 1.82) is 0 Å². The number of aliphatic hydroxyl groups is 2. The second kappa shape index (κ2) is 47.1. The van der Waals surface area contributed by atoms with Gasteiger partial charge in [-0.05, 0) is 83.5 Å². The van der Waals surface area contributed by atoms with Crippen LogP contribution in [0.25, 0.3) is 0 Å². The van der Waals surface area contributed by atoms with E-state index in [0.29, 0.717) is 19.3 Å². The molecule has 0 aromatic rings. The maximum atomic E-state index is 13.2. The van der Waals surface area contributed by atoms with Crippen molar-refractivity contribution in [2.24, 2.45) is 0 Å². The zero-order valence-corrected chi connectivity index (χ0v) is 39.1. The smallest absolute Gasteiger partial charge is 0.306 e. The molecule has 0 aromatic carbocycles. The van der Waals surface area contributed by atoms with Crippen LogP contribution in [0.3, 0.4) is 0 Å². The van der Waals surface area contributed by atoms with E-state index in [0.717, 1.165) is 96.3 Å². The van der Waals surface area contributed by atoms with Crippen molar-refractivity contribution in [2.75, 3.05) is 6.61 Å². The van der Waals surface area contributed by atoms with Gasteiger partial charge in [-0.2, -0.15) is 0 Å². The molecule has 3 N–H and O–H groups in total. The predicted octanol–water partition coefficient (Wildman–Crippen LogP) is 14.8. The highest BCUT2D eigenvalue weighted by Gasteiger charge is 2.24. The van der Waals surface area contributed by atoms with Crippen molar-refractivity contribution >= 4 is 11.9 Å². The minimum Gasteiger partial charge on any atom is -0.462 e. The van der Waals surface area contributed by atoms with Gasteiger partial charge in [0.1, 0.15) is 6.10 Å². The van der Waals surface area contributed by atoms with Crippen LogP contribution in [0.1, 0.15) is 220 Å². The number of aliphatic hydroxyl groups excluding tert-OH is 2. The number of allylic oxidation sites excluding steroid dienone is 14. The third kappa shape index (κ3) is 41.8. The van der Waals surface area contributed by atoms with Crippen LogP contribution in [0.15, 0.2) is 85.1 Å². The van der Waals surface area contributed by atoms with E-state index in [2.05, 4.69) is 92.9 Å². The maximum Gasteiger partial charge on any atom is 0.306 e. The zero-order valence-electron chi connectivity index (χ0n) is 39.1. The van der Waals surface area contributed by atoms with E-state index in [1.807, 2.05) is 18.2 Å². The van der Waals surface area contributed by atoms with Gasteiger partial charge < -0.3 is 20.3 Å². The third-order valence-electron chi connectivity index (χ3n) is 10.8. The summed E-state index contributed by atoms with van der Waals surface area (Å²) in [6, 6.07) is -0.722. The lowest BCUT2D eigenvalue weighted by Crippen LogP contribution is -2.46. The molecule has 0 saturated carbocycles. The number of hydrogen-bond donors (Lipinski definition) is 3. The number of nitrogens with one attached hydrogen (secondary N) is 1. The van der Waals surface area contributed by atoms with Crippen molar-refractivity contribution in [1.82, 2.24) is 5.32 Å².